The summed E-state index contributed by atoms with van der Waals surface area (Å²) in [5.74, 6) is -1.03. The fourth-order valence-electron chi connectivity index (χ4n) is 2.36. The predicted molar refractivity (Wildman–Crippen MR) is 77.4 cm³/mol. The maximum atomic E-state index is 13.0. The largest absolute Gasteiger partial charge is 0.465 e. The van der Waals surface area contributed by atoms with Gasteiger partial charge in [0.1, 0.15) is 18.5 Å². The van der Waals surface area contributed by atoms with E-state index in [0.29, 0.717) is 13.0 Å². The van der Waals surface area contributed by atoms with E-state index in [2.05, 4.69) is 0 Å². The Morgan fingerprint density at radius 1 is 1.36 bits per heavy atom. The molecule has 1 aliphatic rings. The summed E-state index contributed by atoms with van der Waals surface area (Å²) in [6, 6.07) is 5.84. The molecule has 0 bridgehead atoms. The van der Waals surface area contributed by atoms with E-state index in [1.165, 1.54) is 17.0 Å². The Labute approximate surface area is 129 Å². The average molecular weight is 309 g/mol. The Bertz CT molecular complexity index is 511. The quantitative estimate of drug-likeness (QED) is 0.753. The van der Waals surface area contributed by atoms with Crippen LogP contribution in [0.1, 0.15) is 25.3 Å². The molecule has 22 heavy (non-hydrogen) atoms. The van der Waals surface area contributed by atoms with E-state index in [-0.39, 0.29) is 31.4 Å². The Hall–Kier alpha value is -1.95. The molecule has 0 radical (unpaired) electrons. The van der Waals surface area contributed by atoms with Crippen LogP contribution in [-0.4, -0.2) is 42.6 Å². The fourth-order valence-corrected chi connectivity index (χ4v) is 2.36. The maximum Gasteiger partial charge on any atom is 0.325 e. The lowest BCUT2D eigenvalue weighted by molar-refractivity contribution is -0.152. The third-order valence-corrected chi connectivity index (χ3v) is 3.43. The van der Waals surface area contributed by atoms with E-state index in [4.69, 9.17) is 9.47 Å². The summed E-state index contributed by atoms with van der Waals surface area (Å²) >= 11 is 0. The fraction of sp³-hybridized carbons (Fsp3) is 0.500. The minimum Gasteiger partial charge on any atom is -0.465 e. The van der Waals surface area contributed by atoms with Gasteiger partial charge < -0.3 is 14.4 Å². The summed E-state index contributed by atoms with van der Waals surface area (Å²) in [7, 11) is 0. The number of carbonyl (C=O) groups is 2. The smallest absolute Gasteiger partial charge is 0.325 e. The average Bonchev–Trinajstić information content (AvgIpc) is 3.02. The number of benzene rings is 1. The van der Waals surface area contributed by atoms with Crippen molar-refractivity contribution in [1.82, 2.24) is 4.90 Å². The van der Waals surface area contributed by atoms with Gasteiger partial charge in [-0.1, -0.05) is 12.1 Å². The van der Waals surface area contributed by atoms with Crippen molar-refractivity contribution in [1.29, 1.82) is 0 Å². The van der Waals surface area contributed by atoms with Crippen LogP contribution in [0.25, 0.3) is 0 Å². The molecule has 0 aromatic heterocycles. The molecule has 1 fully saturated rings. The van der Waals surface area contributed by atoms with E-state index in [9.17, 15) is 14.0 Å². The summed E-state index contributed by atoms with van der Waals surface area (Å²) < 4.78 is 23.3. The van der Waals surface area contributed by atoms with Gasteiger partial charge in [-0.2, -0.15) is 0 Å². The highest BCUT2D eigenvalue weighted by atomic mass is 19.1. The molecular weight excluding hydrogens is 289 g/mol. The first-order chi connectivity index (χ1) is 10.6. The second-order valence-corrected chi connectivity index (χ2v) is 5.13. The normalized spacial score (nSPS) is 17.3. The van der Waals surface area contributed by atoms with Crippen LogP contribution in [0, 0.1) is 5.82 Å². The first-order valence-electron chi connectivity index (χ1n) is 7.40. The molecule has 1 atom stereocenters. The van der Waals surface area contributed by atoms with Gasteiger partial charge in [0.15, 0.2) is 0 Å². The molecule has 2 rings (SSSR count). The van der Waals surface area contributed by atoms with E-state index in [1.54, 1.807) is 19.1 Å². The molecule has 1 aliphatic heterocycles. The van der Waals surface area contributed by atoms with E-state index >= 15 is 0 Å². The number of rotatable bonds is 6. The van der Waals surface area contributed by atoms with Gasteiger partial charge in [0.25, 0.3) is 5.91 Å². The molecule has 120 valence electrons. The second kappa shape index (κ2) is 7.89. The lowest BCUT2D eigenvalue weighted by Gasteiger charge is -2.24. The zero-order valence-corrected chi connectivity index (χ0v) is 12.6. The first-order valence-corrected chi connectivity index (χ1v) is 7.40. The highest BCUT2D eigenvalue weighted by Crippen LogP contribution is 2.17. The molecule has 6 heteroatoms. The van der Waals surface area contributed by atoms with Gasteiger partial charge in [0.2, 0.25) is 0 Å². The summed E-state index contributed by atoms with van der Waals surface area (Å²) in [5, 5.41) is 0. The topological polar surface area (TPSA) is 55.8 Å². The molecule has 1 aromatic carbocycles. The summed E-state index contributed by atoms with van der Waals surface area (Å²) in [4.78, 5) is 25.6. The molecule has 0 aliphatic carbocycles. The number of nitrogens with zero attached hydrogens (tertiary/aromatic N) is 1. The summed E-state index contributed by atoms with van der Waals surface area (Å²) in [5.41, 5.74) is 0.747. The Morgan fingerprint density at radius 2 is 2.09 bits per heavy atom. The van der Waals surface area contributed by atoms with Crippen LogP contribution in [0.2, 0.25) is 0 Å². The van der Waals surface area contributed by atoms with Gasteiger partial charge in [-0.3, -0.25) is 9.59 Å². The highest BCUT2D eigenvalue weighted by molar-refractivity contribution is 5.85. The molecule has 0 spiro atoms. The maximum absolute atomic E-state index is 13.0. The van der Waals surface area contributed by atoms with Crippen molar-refractivity contribution in [3.8, 4) is 0 Å². The van der Waals surface area contributed by atoms with E-state index in [0.717, 1.165) is 12.0 Å². The van der Waals surface area contributed by atoms with Crippen molar-refractivity contribution in [3.63, 3.8) is 0 Å². The number of esters is 1. The molecule has 0 saturated carbocycles. The van der Waals surface area contributed by atoms with Gasteiger partial charge in [0.05, 0.1) is 6.61 Å². The monoisotopic (exact) mass is 309 g/mol. The van der Waals surface area contributed by atoms with Gasteiger partial charge >= 0.3 is 5.97 Å². The van der Waals surface area contributed by atoms with Gasteiger partial charge in [-0.05, 0) is 37.5 Å². The molecular formula is C16H20FNO4. The Kier molecular flexibility index (Phi) is 5.89. The lowest BCUT2D eigenvalue weighted by Crippen LogP contribution is -2.41. The number of hydrogen-bond acceptors (Lipinski definition) is 4. The molecule has 0 N–H and O–H groups in total. The van der Waals surface area contributed by atoms with Gasteiger partial charge in [0, 0.05) is 13.2 Å². The van der Waals surface area contributed by atoms with Crippen molar-refractivity contribution in [2.24, 2.45) is 0 Å². The summed E-state index contributed by atoms with van der Waals surface area (Å²) in [6.07, 6.45) is 0.983. The predicted octanol–water partition coefficient (Wildman–Crippen LogP) is 1.90. The first kappa shape index (κ1) is 16.4. The van der Waals surface area contributed by atoms with Gasteiger partial charge in [-0.25, -0.2) is 4.39 Å². The highest BCUT2D eigenvalue weighted by Gasteiger charge is 2.29. The van der Waals surface area contributed by atoms with Crippen molar-refractivity contribution >= 4 is 11.9 Å². The van der Waals surface area contributed by atoms with Crippen LogP contribution in [0.4, 0.5) is 4.39 Å². The zero-order chi connectivity index (χ0) is 15.9. The number of halogens is 1. The SMILES string of the molecule is CCOC(=O)CN(Cc1ccc(F)cc1)C(=O)C1CCCO1. The molecule has 1 saturated heterocycles. The number of hydrogen-bond donors (Lipinski definition) is 0. The van der Waals surface area contributed by atoms with Crippen molar-refractivity contribution in [2.75, 3.05) is 19.8 Å². The lowest BCUT2D eigenvalue weighted by atomic mass is 10.1. The number of carbonyl (C=O) groups excluding carboxylic acids is 2. The van der Waals surface area contributed by atoms with E-state index < -0.39 is 12.1 Å². The van der Waals surface area contributed by atoms with Crippen LogP contribution >= 0.6 is 0 Å². The van der Waals surface area contributed by atoms with Crippen LogP contribution in [0.5, 0.6) is 0 Å². The minimum atomic E-state index is -0.505. The molecule has 1 unspecified atom stereocenters. The third-order valence-electron chi connectivity index (χ3n) is 3.43. The minimum absolute atomic E-state index is 0.135. The van der Waals surface area contributed by atoms with Crippen LogP contribution in [0.3, 0.4) is 0 Å². The number of amides is 1. The van der Waals surface area contributed by atoms with Crippen LogP contribution in [0.15, 0.2) is 24.3 Å². The van der Waals surface area contributed by atoms with Crippen LogP contribution in [-0.2, 0) is 25.6 Å². The molecule has 1 heterocycles. The molecule has 5 nitrogen and oxygen atoms in total. The number of ether oxygens (including phenoxy) is 2. The zero-order valence-electron chi connectivity index (χ0n) is 12.6. The third kappa shape index (κ3) is 4.53. The molecule has 1 amide bonds. The summed E-state index contributed by atoms with van der Waals surface area (Å²) in [6.45, 7) is 2.61. The van der Waals surface area contributed by atoms with Crippen molar-refractivity contribution < 1.29 is 23.5 Å². The van der Waals surface area contributed by atoms with Crippen molar-refractivity contribution in [3.05, 3.63) is 35.6 Å². The standard InChI is InChI=1S/C16H20FNO4/c1-2-21-15(19)11-18(16(20)14-4-3-9-22-14)10-12-5-7-13(17)8-6-12/h5-8,14H,2-4,9-11H2,1H3. The Morgan fingerprint density at radius 3 is 2.68 bits per heavy atom. The van der Waals surface area contributed by atoms with E-state index in [1.807, 2.05) is 0 Å². The molecule has 1 aromatic rings. The second-order valence-electron chi connectivity index (χ2n) is 5.13. The Balaban J connectivity index is 2.07. The van der Waals surface area contributed by atoms with Crippen LogP contribution < -0.4 is 0 Å². The van der Waals surface area contributed by atoms with Crippen molar-refractivity contribution in [2.45, 2.75) is 32.4 Å². The van der Waals surface area contributed by atoms with Gasteiger partial charge in [-0.15, -0.1) is 0 Å².